The van der Waals surface area contributed by atoms with Crippen LogP contribution in [0.3, 0.4) is 0 Å². The van der Waals surface area contributed by atoms with Crippen LogP contribution in [-0.2, 0) is 9.59 Å². The van der Waals surface area contributed by atoms with E-state index in [4.69, 9.17) is 4.74 Å². The molecule has 1 N–H and O–H groups in total. The van der Waals surface area contributed by atoms with Gasteiger partial charge in [0.1, 0.15) is 5.75 Å². The molecule has 1 aromatic carbocycles. The number of carbonyl (C=O) groups excluding carboxylic acids is 2. The Morgan fingerprint density at radius 1 is 1.41 bits per heavy atom. The van der Waals surface area contributed by atoms with Crippen molar-refractivity contribution in [3.05, 3.63) is 23.8 Å². The third-order valence-corrected chi connectivity index (χ3v) is 3.74. The fourth-order valence-corrected chi connectivity index (χ4v) is 2.45. The number of unbranched alkanes of at least 4 members (excludes halogenated alkanes) is 1. The van der Waals surface area contributed by atoms with Crippen molar-refractivity contribution in [3.63, 3.8) is 0 Å². The van der Waals surface area contributed by atoms with Gasteiger partial charge in [-0.25, -0.2) is 0 Å². The standard InChI is InChI=1S/C17H24N2O3/c1-4-5-9-18-16(20)8-10-19-14-11-12(2)6-7-15(14)22-13(3)17(19)21/h6-7,11,13H,4-5,8-10H2,1-3H3,(H,18,20)/t13-/m1/s1. The molecule has 0 saturated heterocycles. The molecule has 22 heavy (non-hydrogen) atoms. The Balaban J connectivity index is 2.04. The summed E-state index contributed by atoms with van der Waals surface area (Å²) < 4.78 is 5.62. The average Bonchev–Trinajstić information content (AvgIpc) is 2.49. The summed E-state index contributed by atoms with van der Waals surface area (Å²) in [6.07, 6.45) is 1.81. The second kappa shape index (κ2) is 7.29. The number of hydrogen-bond acceptors (Lipinski definition) is 3. The molecule has 2 amide bonds. The zero-order chi connectivity index (χ0) is 16.1. The minimum atomic E-state index is -0.515. The van der Waals surface area contributed by atoms with Crippen molar-refractivity contribution in [2.24, 2.45) is 0 Å². The number of amides is 2. The van der Waals surface area contributed by atoms with Gasteiger partial charge in [-0.2, -0.15) is 0 Å². The fraction of sp³-hybridized carbons (Fsp3) is 0.529. The first-order valence-corrected chi connectivity index (χ1v) is 7.88. The van der Waals surface area contributed by atoms with Crippen LogP contribution >= 0.6 is 0 Å². The summed E-state index contributed by atoms with van der Waals surface area (Å²) in [5, 5.41) is 2.88. The first kappa shape index (κ1) is 16.3. The molecule has 1 aliphatic heterocycles. The molecule has 0 spiro atoms. The summed E-state index contributed by atoms with van der Waals surface area (Å²) in [5.41, 5.74) is 1.81. The fourth-order valence-electron chi connectivity index (χ4n) is 2.45. The zero-order valence-corrected chi connectivity index (χ0v) is 13.5. The maximum Gasteiger partial charge on any atom is 0.267 e. The largest absolute Gasteiger partial charge is 0.479 e. The van der Waals surface area contributed by atoms with Crippen LogP contribution in [0.4, 0.5) is 5.69 Å². The van der Waals surface area contributed by atoms with E-state index in [9.17, 15) is 9.59 Å². The van der Waals surface area contributed by atoms with Crippen molar-refractivity contribution in [1.82, 2.24) is 5.32 Å². The van der Waals surface area contributed by atoms with Gasteiger partial charge in [-0.3, -0.25) is 9.59 Å². The van der Waals surface area contributed by atoms with Gasteiger partial charge in [0.05, 0.1) is 5.69 Å². The molecule has 0 aromatic heterocycles. The average molecular weight is 304 g/mol. The van der Waals surface area contributed by atoms with Gasteiger partial charge in [0, 0.05) is 19.5 Å². The molecule has 120 valence electrons. The van der Waals surface area contributed by atoms with Crippen LogP contribution in [0.1, 0.15) is 38.7 Å². The second-order valence-electron chi connectivity index (χ2n) is 5.67. The van der Waals surface area contributed by atoms with Crippen molar-refractivity contribution in [3.8, 4) is 5.75 Å². The molecule has 0 unspecified atom stereocenters. The summed E-state index contributed by atoms with van der Waals surface area (Å²) in [6, 6.07) is 5.76. The lowest BCUT2D eigenvalue weighted by Gasteiger charge is -2.33. The minimum absolute atomic E-state index is 0.0189. The molecule has 1 atom stereocenters. The lowest BCUT2D eigenvalue weighted by atomic mass is 10.1. The Kier molecular flexibility index (Phi) is 5.41. The van der Waals surface area contributed by atoms with Gasteiger partial charge >= 0.3 is 0 Å². The van der Waals surface area contributed by atoms with Crippen molar-refractivity contribution in [1.29, 1.82) is 0 Å². The van der Waals surface area contributed by atoms with Crippen molar-refractivity contribution >= 4 is 17.5 Å². The van der Waals surface area contributed by atoms with E-state index in [0.29, 0.717) is 25.3 Å². The monoisotopic (exact) mass is 304 g/mol. The Hall–Kier alpha value is -2.04. The van der Waals surface area contributed by atoms with Crippen molar-refractivity contribution < 1.29 is 14.3 Å². The summed E-state index contributed by atoms with van der Waals surface area (Å²) >= 11 is 0. The van der Waals surface area contributed by atoms with E-state index >= 15 is 0 Å². The van der Waals surface area contributed by atoms with Crippen LogP contribution in [0.25, 0.3) is 0 Å². The Morgan fingerprint density at radius 3 is 2.91 bits per heavy atom. The SMILES string of the molecule is CCCCNC(=O)CCN1C(=O)[C@@H](C)Oc2ccc(C)cc21. The zero-order valence-electron chi connectivity index (χ0n) is 13.5. The first-order valence-electron chi connectivity index (χ1n) is 7.88. The molecule has 1 aliphatic rings. The van der Waals surface area contributed by atoms with Gasteiger partial charge in [0.15, 0.2) is 6.10 Å². The third kappa shape index (κ3) is 3.78. The predicted molar refractivity (Wildman–Crippen MR) is 86.2 cm³/mol. The number of benzene rings is 1. The highest BCUT2D eigenvalue weighted by atomic mass is 16.5. The van der Waals surface area contributed by atoms with Gasteiger partial charge in [0.25, 0.3) is 5.91 Å². The molecular formula is C17H24N2O3. The quantitative estimate of drug-likeness (QED) is 0.821. The topological polar surface area (TPSA) is 58.6 Å². The van der Waals surface area contributed by atoms with Gasteiger partial charge < -0.3 is 15.0 Å². The molecule has 1 heterocycles. The molecule has 5 nitrogen and oxygen atoms in total. The van der Waals surface area contributed by atoms with Gasteiger partial charge in [0.2, 0.25) is 5.91 Å². The highest BCUT2D eigenvalue weighted by Gasteiger charge is 2.31. The highest BCUT2D eigenvalue weighted by Crippen LogP contribution is 2.34. The van der Waals surface area contributed by atoms with Crippen LogP contribution in [0.2, 0.25) is 0 Å². The number of fused-ring (bicyclic) bond motifs is 1. The molecule has 0 radical (unpaired) electrons. The maximum absolute atomic E-state index is 12.3. The number of rotatable bonds is 6. The van der Waals surface area contributed by atoms with Crippen LogP contribution in [-0.4, -0.2) is 31.0 Å². The summed E-state index contributed by atoms with van der Waals surface area (Å²) in [4.78, 5) is 25.9. The van der Waals surface area contributed by atoms with Crippen LogP contribution in [0.15, 0.2) is 18.2 Å². The summed E-state index contributed by atoms with van der Waals surface area (Å²) in [7, 11) is 0. The molecule has 0 aliphatic carbocycles. The van der Waals surface area contributed by atoms with Gasteiger partial charge in [-0.05, 0) is 38.0 Å². The second-order valence-corrected chi connectivity index (χ2v) is 5.67. The Labute approximate surface area is 131 Å². The number of carbonyl (C=O) groups is 2. The van der Waals surface area contributed by atoms with E-state index < -0.39 is 6.10 Å². The van der Waals surface area contributed by atoms with Crippen LogP contribution in [0, 0.1) is 6.92 Å². The third-order valence-electron chi connectivity index (χ3n) is 3.74. The van der Waals surface area contributed by atoms with Gasteiger partial charge in [-0.15, -0.1) is 0 Å². The van der Waals surface area contributed by atoms with E-state index in [1.807, 2.05) is 25.1 Å². The number of anilines is 1. The van der Waals surface area contributed by atoms with Crippen LogP contribution < -0.4 is 15.0 Å². The number of aryl methyl sites for hydroxylation is 1. The molecule has 1 aromatic rings. The lowest BCUT2D eigenvalue weighted by Crippen LogP contribution is -2.45. The normalized spacial score (nSPS) is 17.0. The van der Waals surface area contributed by atoms with E-state index in [-0.39, 0.29) is 11.8 Å². The maximum atomic E-state index is 12.3. The van der Waals surface area contributed by atoms with Crippen molar-refractivity contribution in [2.75, 3.05) is 18.0 Å². The summed E-state index contributed by atoms with van der Waals surface area (Å²) in [5.74, 6) is 0.582. The highest BCUT2D eigenvalue weighted by molar-refractivity contribution is 6.00. The Bertz CT molecular complexity index is 557. The van der Waals surface area contributed by atoms with Gasteiger partial charge in [-0.1, -0.05) is 19.4 Å². The molecule has 2 rings (SSSR count). The minimum Gasteiger partial charge on any atom is -0.479 e. The van der Waals surface area contributed by atoms with Crippen LogP contribution in [0.5, 0.6) is 5.75 Å². The van der Waals surface area contributed by atoms with E-state index in [1.165, 1.54) is 0 Å². The van der Waals surface area contributed by atoms with E-state index in [0.717, 1.165) is 24.1 Å². The van der Waals surface area contributed by atoms with E-state index in [1.54, 1.807) is 11.8 Å². The number of nitrogens with one attached hydrogen (secondary N) is 1. The predicted octanol–water partition coefficient (Wildman–Crippen LogP) is 2.42. The van der Waals surface area contributed by atoms with E-state index in [2.05, 4.69) is 12.2 Å². The van der Waals surface area contributed by atoms with Crippen molar-refractivity contribution in [2.45, 2.75) is 46.1 Å². The molecule has 0 saturated carbocycles. The summed E-state index contributed by atoms with van der Waals surface area (Å²) in [6.45, 7) is 6.86. The molecule has 5 heteroatoms. The smallest absolute Gasteiger partial charge is 0.267 e. The number of ether oxygens (including phenoxy) is 1. The molecule has 0 fully saturated rings. The lowest BCUT2D eigenvalue weighted by molar-refractivity contribution is -0.125. The molecule has 0 bridgehead atoms. The number of nitrogens with zero attached hydrogens (tertiary/aromatic N) is 1. The Morgan fingerprint density at radius 2 is 2.18 bits per heavy atom. The number of hydrogen-bond donors (Lipinski definition) is 1. The molecular weight excluding hydrogens is 280 g/mol. The first-order chi connectivity index (χ1) is 10.5.